The Balaban J connectivity index is 1.58. The van der Waals surface area contributed by atoms with Gasteiger partial charge >= 0.3 is 5.97 Å². The molecule has 0 N–H and O–H groups in total. The first-order chi connectivity index (χ1) is 14.5. The molecule has 6 nitrogen and oxygen atoms in total. The molecule has 0 amide bonds. The summed E-state index contributed by atoms with van der Waals surface area (Å²) >= 11 is 0. The third kappa shape index (κ3) is 3.89. The molecule has 6 heteroatoms. The number of methoxy groups -OCH3 is 1. The van der Waals surface area contributed by atoms with E-state index in [-0.39, 0.29) is 22.5 Å². The summed E-state index contributed by atoms with van der Waals surface area (Å²) in [6.45, 7) is 1.83. The maximum Gasteiger partial charge on any atom is 0.343 e. The largest absolute Gasteiger partial charge is 0.497 e. The summed E-state index contributed by atoms with van der Waals surface area (Å²) < 4.78 is 21.7. The molecule has 1 aromatic heterocycles. The Bertz CT molecular complexity index is 1270. The molecule has 3 aromatic carbocycles. The lowest BCUT2D eigenvalue weighted by Crippen LogP contribution is -2.10. The Hall–Kier alpha value is -4.06. The highest BCUT2D eigenvalue weighted by Gasteiger charge is 2.14. The lowest BCUT2D eigenvalue weighted by Gasteiger charge is -2.08. The SMILES string of the molecule is COc1ccc(Oc2coc3cc(OC(=O)c4ccccc4C)ccc3c2=O)cc1. The van der Waals surface area contributed by atoms with E-state index in [9.17, 15) is 9.59 Å². The lowest BCUT2D eigenvalue weighted by atomic mass is 10.1. The average Bonchev–Trinajstić information content (AvgIpc) is 2.76. The molecule has 0 spiro atoms. The zero-order chi connectivity index (χ0) is 21.1. The van der Waals surface area contributed by atoms with Crippen molar-refractivity contribution < 1.29 is 23.4 Å². The van der Waals surface area contributed by atoms with E-state index in [0.717, 1.165) is 5.56 Å². The fourth-order valence-electron chi connectivity index (χ4n) is 2.96. The smallest absolute Gasteiger partial charge is 0.343 e. The molecule has 0 atom stereocenters. The Kier molecular flexibility index (Phi) is 5.22. The number of carbonyl (C=O) groups excluding carboxylic acids is 1. The monoisotopic (exact) mass is 402 g/mol. The predicted octanol–water partition coefficient (Wildman–Crippen LogP) is 5.12. The van der Waals surface area contributed by atoms with Crippen molar-refractivity contribution in [3.05, 3.63) is 94.3 Å². The van der Waals surface area contributed by atoms with Crippen LogP contribution in [0.2, 0.25) is 0 Å². The Morgan fingerprint density at radius 1 is 0.900 bits per heavy atom. The molecule has 0 unspecified atom stereocenters. The number of rotatable bonds is 5. The quantitative estimate of drug-likeness (QED) is 0.341. The van der Waals surface area contributed by atoms with Gasteiger partial charge in [-0.25, -0.2) is 4.79 Å². The van der Waals surface area contributed by atoms with Crippen molar-refractivity contribution in [1.82, 2.24) is 0 Å². The highest BCUT2D eigenvalue weighted by Crippen LogP contribution is 2.26. The highest BCUT2D eigenvalue weighted by molar-refractivity contribution is 5.93. The van der Waals surface area contributed by atoms with Gasteiger partial charge < -0.3 is 18.6 Å². The van der Waals surface area contributed by atoms with Crippen LogP contribution in [-0.4, -0.2) is 13.1 Å². The maximum atomic E-state index is 12.7. The van der Waals surface area contributed by atoms with Crippen molar-refractivity contribution in [3.8, 4) is 23.0 Å². The van der Waals surface area contributed by atoms with Crippen LogP contribution in [0.3, 0.4) is 0 Å². The number of carbonyl (C=O) groups is 1. The van der Waals surface area contributed by atoms with Crippen LogP contribution in [0, 0.1) is 6.92 Å². The summed E-state index contributed by atoms with van der Waals surface area (Å²) in [4.78, 5) is 25.1. The van der Waals surface area contributed by atoms with Gasteiger partial charge in [0.1, 0.15) is 29.1 Å². The molecule has 4 aromatic rings. The minimum Gasteiger partial charge on any atom is -0.497 e. The normalized spacial score (nSPS) is 10.6. The number of hydrogen-bond donors (Lipinski definition) is 0. The van der Waals surface area contributed by atoms with Crippen LogP contribution in [0.5, 0.6) is 23.0 Å². The van der Waals surface area contributed by atoms with E-state index >= 15 is 0 Å². The van der Waals surface area contributed by atoms with Crippen LogP contribution < -0.4 is 19.6 Å². The van der Waals surface area contributed by atoms with Crippen molar-refractivity contribution in [2.75, 3.05) is 7.11 Å². The number of hydrogen-bond acceptors (Lipinski definition) is 6. The summed E-state index contributed by atoms with van der Waals surface area (Å²) in [7, 11) is 1.57. The molecule has 0 bridgehead atoms. The number of fused-ring (bicyclic) bond motifs is 1. The van der Waals surface area contributed by atoms with Crippen LogP contribution in [0.1, 0.15) is 15.9 Å². The summed E-state index contributed by atoms with van der Waals surface area (Å²) in [5, 5.41) is 0.316. The third-order valence-electron chi connectivity index (χ3n) is 4.58. The molecule has 0 saturated heterocycles. The second-order valence-electron chi connectivity index (χ2n) is 6.57. The Labute approximate surface area is 172 Å². The summed E-state index contributed by atoms with van der Waals surface area (Å²) in [6, 6.07) is 18.6. The van der Waals surface area contributed by atoms with Crippen LogP contribution in [0.4, 0.5) is 0 Å². The molecule has 0 fully saturated rings. The van der Waals surface area contributed by atoms with E-state index < -0.39 is 5.97 Å². The average molecular weight is 402 g/mol. The van der Waals surface area contributed by atoms with Gasteiger partial charge in [-0.05, 0) is 55.0 Å². The summed E-state index contributed by atoms with van der Waals surface area (Å²) in [5.41, 5.74) is 1.25. The highest BCUT2D eigenvalue weighted by atomic mass is 16.5. The minimum atomic E-state index is -0.478. The molecule has 0 saturated carbocycles. The van der Waals surface area contributed by atoms with Crippen LogP contribution >= 0.6 is 0 Å². The number of aryl methyl sites for hydroxylation is 1. The molecule has 1 heterocycles. The lowest BCUT2D eigenvalue weighted by molar-refractivity contribution is 0.0734. The van der Waals surface area contributed by atoms with E-state index in [4.69, 9.17) is 18.6 Å². The zero-order valence-electron chi connectivity index (χ0n) is 16.4. The van der Waals surface area contributed by atoms with Crippen LogP contribution in [0.15, 0.2) is 82.2 Å². The number of benzene rings is 3. The number of ether oxygens (including phenoxy) is 3. The van der Waals surface area contributed by atoms with E-state index in [1.807, 2.05) is 19.1 Å². The van der Waals surface area contributed by atoms with E-state index in [1.54, 1.807) is 55.6 Å². The molecular weight excluding hydrogens is 384 g/mol. The molecule has 30 heavy (non-hydrogen) atoms. The second kappa shape index (κ2) is 8.13. The minimum absolute atomic E-state index is 0.0531. The Morgan fingerprint density at radius 2 is 1.60 bits per heavy atom. The van der Waals surface area contributed by atoms with Gasteiger partial charge in [0, 0.05) is 6.07 Å². The first-order valence-electron chi connectivity index (χ1n) is 9.20. The second-order valence-corrected chi connectivity index (χ2v) is 6.57. The van der Waals surface area contributed by atoms with Crippen molar-refractivity contribution in [2.24, 2.45) is 0 Å². The van der Waals surface area contributed by atoms with E-state index in [2.05, 4.69) is 0 Å². The van der Waals surface area contributed by atoms with Gasteiger partial charge in [0.2, 0.25) is 11.2 Å². The zero-order valence-corrected chi connectivity index (χ0v) is 16.4. The topological polar surface area (TPSA) is 75.0 Å². The molecule has 0 aliphatic heterocycles. The van der Waals surface area contributed by atoms with E-state index in [0.29, 0.717) is 22.4 Å². The Morgan fingerprint density at radius 3 is 2.33 bits per heavy atom. The first-order valence-corrected chi connectivity index (χ1v) is 9.20. The van der Waals surface area contributed by atoms with Crippen LogP contribution in [-0.2, 0) is 0 Å². The van der Waals surface area contributed by atoms with Gasteiger partial charge in [0.15, 0.2) is 0 Å². The molecule has 150 valence electrons. The van der Waals surface area contributed by atoms with Gasteiger partial charge in [0.05, 0.1) is 18.1 Å². The van der Waals surface area contributed by atoms with Crippen LogP contribution in [0.25, 0.3) is 11.0 Å². The molecule has 4 rings (SSSR count). The fraction of sp³-hybridized carbons (Fsp3) is 0.0833. The third-order valence-corrected chi connectivity index (χ3v) is 4.58. The first kappa shape index (κ1) is 19.3. The van der Waals surface area contributed by atoms with Gasteiger partial charge in [0.25, 0.3) is 0 Å². The van der Waals surface area contributed by atoms with Crippen molar-refractivity contribution in [3.63, 3.8) is 0 Å². The van der Waals surface area contributed by atoms with Gasteiger partial charge in [-0.15, -0.1) is 0 Å². The van der Waals surface area contributed by atoms with Crippen molar-refractivity contribution in [2.45, 2.75) is 6.92 Å². The molecule has 0 aliphatic rings. The van der Waals surface area contributed by atoms with Gasteiger partial charge in [-0.1, -0.05) is 18.2 Å². The predicted molar refractivity (Wildman–Crippen MR) is 112 cm³/mol. The maximum absolute atomic E-state index is 12.7. The number of esters is 1. The van der Waals surface area contributed by atoms with Crippen molar-refractivity contribution >= 4 is 16.9 Å². The fourth-order valence-corrected chi connectivity index (χ4v) is 2.96. The summed E-state index contributed by atoms with van der Waals surface area (Å²) in [5.74, 6) is 1.02. The van der Waals surface area contributed by atoms with Crippen molar-refractivity contribution in [1.29, 1.82) is 0 Å². The van der Waals surface area contributed by atoms with Gasteiger partial charge in [-0.3, -0.25) is 4.79 Å². The van der Waals surface area contributed by atoms with Gasteiger partial charge in [-0.2, -0.15) is 0 Å². The standard InChI is InChI=1S/C24H18O6/c1-15-5-3-4-6-19(15)24(26)30-18-11-12-20-21(13-18)28-14-22(23(20)25)29-17-9-7-16(27-2)8-10-17/h3-14H,1-2H3. The summed E-state index contributed by atoms with van der Waals surface area (Å²) in [6.07, 6.45) is 1.24. The molecular formula is C24H18O6. The van der Waals surface area contributed by atoms with E-state index in [1.165, 1.54) is 12.3 Å². The molecule has 0 aliphatic carbocycles. The molecule has 0 radical (unpaired) electrons.